The first kappa shape index (κ1) is 12.3. The first-order valence-electron chi connectivity index (χ1n) is 11.4. The lowest BCUT2D eigenvalue weighted by molar-refractivity contribution is 0.0103. The van der Waals surface area contributed by atoms with Crippen molar-refractivity contribution in [1.29, 1.82) is 0 Å². The van der Waals surface area contributed by atoms with E-state index in [4.69, 9.17) is 13.0 Å². The van der Waals surface area contributed by atoms with Crippen LogP contribution in [0.5, 0.6) is 0 Å². The zero-order valence-corrected chi connectivity index (χ0v) is 15.2. The number of likely N-dealkylation sites (tertiary alicyclic amines) is 1. The Morgan fingerprint density at radius 3 is 2.40 bits per heavy atom. The smallest absolute Gasteiger partial charge is 0.410 e. The lowest BCUT2D eigenvalue weighted by atomic mass is 9.85. The highest BCUT2D eigenvalue weighted by atomic mass is 16.6. The Hall–Kier alpha value is -2.04. The molecule has 1 aromatic rings. The normalized spacial score (nSPS) is 25.5. The monoisotopic (exact) mass is 352 g/mol. The van der Waals surface area contributed by atoms with Crippen LogP contribution < -0.4 is 0 Å². The predicted octanol–water partition coefficient (Wildman–Crippen LogP) is 3.89. The summed E-state index contributed by atoms with van der Waals surface area (Å²) in [7, 11) is 0. The maximum Gasteiger partial charge on any atom is 0.410 e. The summed E-state index contributed by atoms with van der Waals surface area (Å²) in [4.78, 5) is 26.6. The summed E-state index contributed by atoms with van der Waals surface area (Å²) >= 11 is 0. The first-order chi connectivity index (χ1) is 14.0. The van der Waals surface area contributed by atoms with Crippen molar-refractivity contribution in [2.24, 2.45) is 0 Å². The molecule has 2 atom stereocenters. The van der Waals surface area contributed by atoms with Crippen LogP contribution in [-0.4, -0.2) is 53.9 Å². The molecule has 138 valence electrons. The molecule has 0 radical (unpaired) electrons. The molecule has 0 N–H and O–H groups in total. The van der Waals surface area contributed by atoms with Crippen LogP contribution in [0.15, 0.2) is 24.3 Å². The maximum absolute atomic E-state index is 12.6. The average Bonchev–Trinajstić information content (AvgIpc) is 2.57. The second-order valence-electron chi connectivity index (χ2n) is 7.51. The Bertz CT molecular complexity index is 785. The number of hydrogen-bond donors (Lipinski definition) is 0. The molecule has 1 heterocycles. The Balaban J connectivity index is 2.11. The summed E-state index contributed by atoms with van der Waals surface area (Å²) in [6.07, 6.45) is 1.09. The quantitative estimate of drug-likeness (QED) is 0.811. The number of hydrogen-bond acceptors (Lipinski definition) is 3. The standard InChI is InChI=1S/C20H30N2O3/c1-14-13-17(11-12-22(14)19(24)25-20(2,3)4)15-7-9-16(10-8-15)18(23)21(5)6/h7-10,14,17H,11-13H2,1-6H3/i5D3,6D3. The van der Waals surface area contributed by atoms with E-state index in [-0.39, 0.29) is 28.5 Å². The molecule has 1 aliphatic rings. The third-order valence-electron chi connectivity index (χ3n) is 4.34. The molecular weight excluding hydrogens is 316 g/mol. The van der Waals surface area contributed by atoms with Gasteiger partial charge in [-0.3, -0.25) is 4.79 Å². The molecule has 0 aromatic heterocycles. The van der Waals surface area contributed by atoms with Crippen molar-refractivity contribution in [2.75, 3.05) is 20.5 Å². The number of amides is 2. The minimum absolute atomic E-state index is 0.00441. The first-order valence-corrected chi connectivity index (χ1v) is 8.45. The van der Waals surface area contributed by atoms with E-state index in [1.807, 2.05) is 27.7 Å². The molecule has 0 saturated carbocycles. The Kier molecular flexibility index (Phi) is 3.68. The molecule has 1 aliphatic heterocycles. The lowest BCUT2D eigenvalue weighted by Gasteiger charge is -2.38. The van der Waals surface area contributed by atoms with Crippen LogP contribution in [0.25, 0.3) is 0 Å². The average molecular weight is 353 g/mol. The van der Waals surface area contributed by atoms with Gasteiger partial charge in [0.1, 0.15) is 5.60 Å². The Morgan fingerprint density at radius 1 is 1.24 bits per heavy atom. The van der Waals surface area contributed by atoms with Gasteiger partial charge in [-0.2, -0.15) is 0 Å². The van der Waals surface area contributed by atoms with Crippen LogP contribution in [0.1, 0.15) is 70.6 Å². The van der Waals surface area contributed by atoms with Gasteiger partial charge in [0.15, 0.2) is 0 Å². The molecule has 0 aliphatic carbocycles. The van der Waals surface area contributed by atoms with Gasteiger partial charge >= 0.3 is 6.09 Å². The highest BCUT2D eigenvalue weighted by Gasteiger charge is 2.32. The third-order valence-corrected chi connectivity index (χ3v) is 4.34. The Labute approximate surface area is 159 Å². The molecule has 0 bridgehead atoms. The van der Waals surface area contributed by atoms with E-state index in [0.717, 1.165) is 5.56 Å². The second kappa shape index (κ2) is 7.46. The van der Waals surface area contributed by atoms with Crippen molar-refractivity contribution in [3.8, 4) is 0 Å². The molecule has 5 nitrogen and oxygen atoms in total. The fraction of sp³-hybridized carbons (Fsp3) is 0.600. The molecule has 2 amide bonds. The minimum Gasteiger partial charge on any atom is -0.444 e. The number of ether oxygens (including phenoxy) is 1. The molecule has 1 fully saturated rings. The molecule has 1 aromatic carbocycles. The van der Waals surface area contributed by atoms with Gasteiger partial charge < -0.3 is 14.5 Å². The van der Waals surface area contributed by atoms with Crippen LogP contribution in [0.3, 0.4) is 0 Å². The molecule has 0 spiro atoms. The van der Waals surface area contributed by atoms with E-state index in [1.54, 1.807) is 17.0 Å². The van der Waals surface area contributed by atoms with Gasteiger partial charge in [0.25, 0.3) is 5.91 Å². The maximum atomic E-state index is 12.6. The van der Waals surface area contributed by atoms with E-state index >= 15 is 0 Å². The van der Waals surface area contributed by atoms with Gasteiger partial charge in [-0.15, -0.1) is 0 Å². The lowest BCUT2D eigenvalue weighted by Crippen LogP contribution is -2.46. The van der Waals surface area contributed by atoms with Crippen LogP contribution in [0.4, 0.5) is 4.79 Å². The van der Waals surface area contributed by atoms with E-state index in [9.17, 15) is 9.59 Å². The van der Waals surface area contributed by atoms with E-state index < -0.39 is 25.5 Å². The summed E-state index contributed by atoms with van der Waals surface area (Å²) in [6.45, 7) is 1.81. The number of carbonyl (C=O) groups is 2. The van der Waals surface area contributed by atoms with Crippen molar-refractivity contribution in [1.82, 2.24) is 9.80 Å². The van der Waals surface area contributed by atoms with Crippen molar-refractivity contribution >= 4 is 12.0 Å². The zero-order chi connectivity index (χ0) is 23.8. The van der Waals surface area contributed by atoms with Crippen LogP contribution in [-0.2, 0) is 4.74 Å². The van der Waals surface area contributed by atoms with Gasteiger partial charge in [-0.1, -0.05) is 12.1 Å². The van der Waals surface area contributed by atoms with Crippen LogP contribution in [0.2, 0.25) is 0 Å². The predicted molar refractivity (Wildman–Crippen MR) is 98.8 cm³/mol. The van der Waals surface area contributed by atoms with Gasteiger partial charge in [0, 0.05) is 40.3 Å². The Morgan fingerprint density at radius 2 is 1.88 bits per heavy atom. The van der Waals surface area contributed by atoms with Gasteiger partial charge in [-0.25, -0.2) is 4.79 Å². The SMILES string of the molecule is [2H]C([2H])([2H])N(C(=O)c1ccc(C2CCN(C(=O)OC(C)(C)C)C(C)C2)cc1)C([2H])([2H])[2H]. The van der Waals surface area contributed by atoms with E-state index in [0.29, 0.717) is 19.4 Å². The molecule has 2 rings (SSSR count). The van der Waals surface area contributed by atoms with Gasteiger partial charge in [0.05, 0.1) is 0 Å². The fourth-order valence-corrected chi connectivity index (χ4v) is 3.09. The fourth-order valence-electron chi connectivity index (χ4n) is 3.09. The highest BCUT2D eigenvalue weighted by molar-refractivity contribution is 5.93. The summed E-state index contributed by atoms with van der Waals surface area (Å²) in [5, 5.41) is 0. The topological polar surface area (TPSA) is 49.9 Å². The molecular formula is C20H30N2O3. The van der Waals surface area contributed by atoms with Crippen molar-refractivity contribution in [2.45, 2.75) is 58.1 Å². The number of carbonyl (C=O) groups excluding carboxylic acids is 2. The number of nitrogens with zero attached hydrogens (tertiary/aromatic N) is 2. The number of piperidine rings is 1. The molecule has 2 unspecified atom stereocenters. The van der Waals surface area contributed by atoms with Crippen LogP contribution in [0, 0.1) is 0 Å². The van der Waals surface area contributed by atoms with Gasteiger partial charge in [0.2, 0.25) is 0 Å². The van der Waals surface area contributed by atoms with E-state index in [1.165, 1.54) is 12.1 Å². The summed E-state index contributed by atoms with van der Waals surface area (Å²) in [5.74, 6) is -0.918. The summed E-state index contributed by atoms with van der Waals surface area (Å²) in [6, 6.07) is 6.30. The van der Waals surface area contributed by atoms with Gasteiger partial charge in [-0.05, 0) is 64.2 Å². The molecule has 5 heteroatoms. The third kappa shape index (κ3) is 4.97. The van der Waals surface area contributed by atoms with Crippen LogP contribution >= 0.6 is 0 Å². The van der Waals surface area contributed by atoms with E-state index in [2.05, 4.69) is 0 Å². The molecule has 25 heavy (non-hydrogen) atoms. The second-order valence-corrected chi connectivity index (χ2v) is 7.51. The highest BCUT2D eigenvalue weighted by Crippen LogP contribution is 2.32. The molecule has 1 saturated heterocycles. The largest absolute Gasteiger partial charge is 0.444 e. The van der Waals surface area contributed by atoms with Crippen molar-refractivity contribution in [3.63, 3.8) is 0 Å². The van der Waals surface area contributed by atoms with Crippen molar-refractivity contribution in [3.05, 3.63) is 35.4 Å². The zero-order valence-electron chi connectivity index (χ0n) is 21.2. The summed E-state index contributed by atoms with van der Waals surface area (Å²) in [5.41, 5.74) is 0.379. The van der Waals surface area contributed by atoms with Crippen molar-refractivity contribution < 1.29 is 22.6 Å². The number of rotatable bonds is 2. The number of benzene rings is 1. The minimum atomic E-state index is -3.08. The summed E-state index contributed by atoms with van der Waals surface area (Å²) < 4.78 is 49.8.